The quantitative estimate of drug-likeness (QED) is 0.368. The lowest BCUT2D eigenvalue weighted by Crippen LogP contribution is -2.50. The van der Waals surface area contributed by atoms with Crippen LogP contribution < -0.4 is 5.32 Å². The Morgan fingerprint density at radius 3 is 2.92 bits per heavy atom. The molecule has 0 spiro atoms. The first-order chi connectivity index (χ1) is 17.3. The Bertz CT molecular complexity index is 1310. The first-order valence-corrected chi connectivity index (χ1v) is 12.9. The Labute approximate surface area is 212 Å². The number of rotatable bonds is 7. The minimum absolute atomic E-state index is 0.150. The molecule has 0 aliphatic carbocycles. The molecular weight excluding hydrogens is 480 g/mol. The number of cyclic esters (lactones) is 1. The van der Waals surface area contributed by atoms with Gasteiger partial charge in [-0.25, -0.2) is 18.7 Å². The van der Waals surface area contributed by atoms with Crippen LogP contribution in [0.15, 0.2) is 42.7 Å². The number of ether oxygens (including phenoxy) is 1. The SMILES string of the molecule is Cc1c([C@@H]2CN(Cc3cnn(-c4cccc(CN(C)S(=O)O)n4)c3)C[C@H](C)N2)ccc2c1COC2=O. The van der Waals surface area contributed by atoms with Crippen molar-refractivity contribution in [1.82, 2.24) is 29.3 Å². The monoisotopic (exact) mass is 510 g/mol. The molecule has 3 aromatic rings. The molecule has 0 radical (unpaired) electrons. The minimum Gasteiger partial charge on any atom is -0.457 e. The van der Waals surface area contributed by atoms with Gasteiger partial charge in [-0.2, -0.15) is 9.40 Å². The lowest BCUT2D eigenvalue weighted by atomic mass is 9.92. The van der Waals surface area contributed by atoms with Crippen LogP contribution in [0.5, 0.6) is 0 Å². The molecule has 2 aliphatic rings. The highest BCUT2D eigenvalue weighted by Gasteiger charge is 2.30. The Balaban J connectivity index is 1.29. The maximum Gasteiger partial charge on any atom is 0.338 e. The summed E-state index contributed by atoms with van der Waals surface area (Å²) >= 11 is -2.05. The topological polar surface area (TPSA) is 113 Å². The minimum atomic E-state index is -2.05. The number of carbonyl (C=O) groups is 1. The number of hydrogen-bond donors (Lipinski definition) is 2. The Hall–Kier alpha value is -2.96. The number of nitrogens with zero attached hydrogens (tertiary/aromatic N) is 5. The van der Waals surface area contributed by atoms with Crippen molar-refractivity contribution in [3.63, 3.8) is 0 Å². The van der Waals surface area contributed by atoms with Crippen molar-refractivity contribution in [2.24, 2.45) is 0 Å². The second-order valence-corrected chi connectivity index (χ2v) is 10.6. The predicted molar refractivity (Wildman–Crippen MR) is 135 cm³/mol. The second-order valence-electron chi connectivity index (χ2n) is 9.49. The molecule has 190 valence electrons. The van der Waals surface area contributed by atoms with Gasteiger partial charge in [-0.1, -0.05) is 12.1 Å². The molecule has 1 saturated heterocycles. The fourth-order valence-corrected chi connectivity index (χ4v) is 5.27. The normalized spacial score (nSPS) is 21.0. The summed E-state index contributed by atoms with van der Waals surface area (Å²) in [5, 5.41) is 8.22. The van der Waals surface area contributed by atoms with Gasteiger partial charge in [0.1, 0.15) is 6.61 Å². The molecule has 1 unspecified atom stereocenters. The first-order valence-electron chi connectivity index (χ1n) is 11.9. The van der Waals surface area contributed by atoms with Crippen molar-refractivity contribution in [2.45, 2.75) is 45.6 Å². The van der Waals surface area contributed by atoms with Gasteiger partial charge in [-0.15, -0.1) is 0 Å². The van der Waals surface area contributed by atoms with Crippen LogP contribution in [0.25, 0.3) is 5.82 Å². The van der Waals surface area contributed by atoms with Crippen LogP contribution in [0.4, 0.5) is 0 Å². The third kappa shape index (κ3) is 5.11. The van der Waals surface area contributed by atoms with Crippen LogP contribution >= 0.6 is 0 Å². The van der Waals surface area contributed by atoms with Crippen LogP contribution in [-0.4, -0.2) is 64.9 Å². The summed E-state index contributed by atoms with van der Waals surface area (Å²) in [7, 11) is 1.57. The van der Waals surface area contributed by atoms with E-state index in [2.05, 4.69) is 40.2 Å². The smallest absolute Gasteiger partial charge is 0.338 e. The molecule has 2 aromatic heterocycles. The van der Waals surface area contributed by atoms with Crippen LogP contribution in [0.2, 0.25) is 0 Å². The summed E-state index contributed by atoms with van der Waals surface area (Å²) in [6.07, 6.45) is 3.83. The number of benzene rings is 1. The molecule has 11 heteroatoms. The van der Waals surface area contributed by atoms with Crippen molar-refractivity contribution >= 4 is 17.2 Å². The number of carbonyl (C=O) groups excluding carboxylic acids is 1. The maximum atomic E-state index is 11.9. The lowest BCUT2D eigenvalue weighted by Gasteiger charge is -2.38. The van der Waals surface area contributed by atoms with Crippen LogP contribution in [-0.2, 0) is 35.7 Å². The highest BCUT2D eigenvalue weighted by molar-refractivity contribution is 7.76. The van der Waals surface area contributed by atoms with Crippen molar-refractivity contribution < 1.29 is 18.3 Å². The van der Waals surface area contributed by atoms with Gasteiger partial charge in [0, 0.05) is 56.1 Å². The number of piperazine rings is 1. The Morgan fingerprint density at radius 2 is 2.11 bits per heavy atom. The lowest BCUT2D eigenvalue weighted by molar-refractivity contribution is 0.0535. The average molecular weight is 511 g/mol. The maximum absolute atomic E-state index is 11.9. The van der Waals surface area contributed by atoms with Crippen LogP contribution in [0.1, 0.15) is 51.3 Å². The molecule has 36 heavy (non-hydrogen) atoms. The van der Waals surface area contributed by atoms with Crippen molar-refractivity contribution in [2.75, 3.05) is 20.1 Å². The molecule has 1 fully saturated rings. The van der Waals surface area contributed by atoms with E-state index in [-0.39, 0.29) is 18.6 Å². The predicted octanol–water partition coefficient (Wildman–Crippen LogP) is 2.35. The largest absolute Gasteiger partial charge is 0.457 e. The molecule has 4 heterocycles. The van der Waals surface area contributed by atoms with Crippen LogP contribution in [0.3, 0.4) is 0 Å². The first kappa shape index (κ1) is 24.7. The Kier molecular flexibility index (Phi) is 7.00. The second kappa shape index (κ2) is 10.2. The molecule has 3 atom stereocenters. The fourth-order valence-electron chi connectivity index (χ4n) is 5.02. The van der Waals surface area contributed by atoms with Gasteiger partial charge < -0.3 is 10.1 Å². The molecule has 0 amide bonds. The highest BCUT2D eigenvalue weighted by Crippen LogP contribution is 2.31. The van der Waals surface area contributed by atoms with E-state index in [1.54, 1.807) is 11.7 Å². The summed E-state index contributed by atoms with van der Waals surface area (Å²) < 4.78 is 28.7. The molecule has 10 nitrogen and oxygen atoms in total. The number of nitrogens with one attached hydrogen (secondary N) is 1. The number of aromatic nitrogens is 3. The zero-order valence-corrected chi connectivity index (χ0v) is 21.4. The molecule has 0 saturated carbocycles. The van der Waals surface area contributed by atoms with Crippen LogP contribution in [0, 0.1) is 6.92 Å². The summed E-state index contributed by atoms with van der Waals surface area (Å²) in [5.74, 6) is 0.423. The van der Waals surface area contributed by atoms with Gasteiger partial charge in [0.15, 0.2) is 5.82 Å². The van der Waals surface area contributed by atoms with E-state index in [0.29, 0.717) is 29.7 Å². The molecular formula is C25H30N6O4S. The third-order valence-corrected chi connectivity index (χ3v) is 7.42. The zero-order chi connectivity index (χ0) is 25.4. The number of hydrogen-bond acceptors (Lipinski definition) is 7. The number of esters is 1. The Morgan fingerprint density at radius 1 is 1.28 bits per heavy atom. The zero-order valence-electron chi connectivity index (χ0n) is 20.5. The summed E-state index contributed by atoms with van der Waals surface area (Å²) in [6.45, 7) is 7.36. The van der Waals surface area contributed by atoms with E-state index in [9.17, 15) is 13.6 Å². The van der Waals surface area contributed by atoms with E-state index in [0.717, 1.165) is 36.3 Å². The summed E-state index contributed by atoms with van der Waals surface area (Å²) in [4.78, 5) is 18.9. The summed E-state index contributed by atoms with van der Waals surface area (Å²) in [6, 6.07) is 9.95. The van der Waals surface area contributed by atoms with Gasteiger partial charge in [0.25, 0.3) is 0 Å². The van der Waals surface area contributed by atoms with Crippen molar-refractivity contribution in [1.29, 1.82) is 0 Å². The van der Waals surface area contributed by atoms with Gasteiger partial charge in [0.2, 0.25) is 11.3 Å². The van der Waals surface area contributed by atoms with E-state index in [1.165, 1.54) is 9.87 Å². The average Bonchev–Trinajstić information content (AvgIpc) is 3.46. The van der Waals surface area contributed by atoms with Crippen molar-refractivity contribution in [3.05, 3.63) is 76.2 Å². The third-order valence-electron chi connectivity index (χ3n) is 6.76. The van der Waals surface area contributed by atoms with E-state index < -0.39 is 11.3 Å². The van der Waals surface area contributed by atoms with Gasteiger partial charge in [-0.05, 0) is 43.2 Å². The molecule has 2 N–H and O–H groups in total. The summed E-state index contributed by atoms with van der Waals surface area (Å²) in [5.41, 5.74) is 5.77. The van der Waals surface area contributed by atoms with E-state index >= 15 is 0 Å². The van der Waals surface area contributed by atoms with Gasteiger partial charge >= 0.3 is 5.97 Å². The molecule has 5 rings (SSSR count). The molecule has 1 aromatic carbocycles. The molecule has 0 bridgehead atoms. The fraction of sp³-hybridized carbons (Fsp3) is 0.400. The van der Waals surface area contributed by atoms with Gasteiger partial charge in [-0.3, -0.25) is 9.45 Å². The number of pyridine rings is 1. The number of fused-ring (bicyclic) bond motifs is 1. The van der Waals surface area contributed by atoms with Crippen molar-refractivity contribution in [3.8, 4) is 5.82 Å². The van der Waals surface area contributed by atoms with Gasteiger partial charge in [0.05, 0.1) is 24.0 Å². The highest BCUT2D eigenvalue weighted by atomic mass is 32.2. The standard InChI is InChI=1S/C25H30N6O4S/c1-16-10-30(14-23(27-16)20-7-8-21-22(17(20)2)15-35-25(21)32)11-18-9-26-31(12-18)24-6-4-5-19(28-24)13-29(3)36(33)34/h4-9,12,16,23,27H,10-11,13-15H2,1-3H3,(H,33,34)/t16-,23-/m0/s1. The van der Waals surface area contributed by atoms with E-state index in [1.807, 2.05) is 36.7 Å². The molecule has 2 aliphatic heterocycles. The van der Waals surface area contributed by atoms with E-state index in [4.69, 9.17) is 4.74 Å².